The van der Waals surface area contributed by atoms with Gasteiger partial charge < -0.3 is 4.57 Å². The minimum absolute atomic E-state index is 0.884. The Morgan fingerprint density at radius 1 is 1.36 bits per heavy atom. The highest BCUT2D eigenvalue weighted by atomic mass is 14.9. The number of fused-ring (bicyclic) bond motifs is 1. The maximum absolute atomic E-state index is 3.76. The molecule has 14 heavy (non-hydrogen) atoms. The Morgan fingerprint density at radius 3 is 2.93 bits per heavy atom. The van der Waals surface area contributed by atoms with Crippen LogP contribution in [0.25, 0.3) is 10.9 Å². The summed E-state index contributed by atoms with van der Waals surface area (Å²) < 4.78 is 2.21. The fraction of sp³-hybridized carbons (Fsp3) is 0.231. The number of nitrogens with zero attached hydrogens (tertiary/aromatic N) is 1. The molecule has 72 valence electrons. The smallest absolute Gasteiger partial charge is 0.0483 e. The molecule has 1 aromatic heterocycles. The first kappa shape index (κ1) is 9.07. The Morgan fingerprint density at radius 2 is 2.21 bits per heavy atom. The van der Waals surface area contributed by atoms with Crippen LogP contribution in [-0.2, 0) is 13.0 Å². The lowest BCUT2D eigenvalue weighted by atomic mass is 10.1. The van der Waals surface area contributed by atoms with Crippen molar-refractivity contribution in [2.75, 3.05) is 0 Å². The van der Waals surface area contributed by atoms with Gasteiger partial charge in [0, 0.05) is 18.3 Å². The summed E-state index contributed by atoms with van der Waals surface area (Å²) in [5, 5.41) is 1.33. The number of rotatable bonds is 3. The number of aryl methyl sites for hydroxylation is 1. The van der Waals surface area contributed by atoms with E-state index >= 15 is 0 Å². The van der Waals surface area contributed by atoms with Gasteiger partial charge in [0.25, 0.3) is 0 Å². The third-order valence-corrected chi connectivity index (χ3v) is 2.57. The van der Waals surface area contributed by atoms with Gasteiger partial charge in [-0.1, -0.05) is 19.1 Å². The highest BCUT2D eigenvalue weighted by Crippen LogP contribution is 2.17. The van der Waals surface area contributed by atoms with Crippen LogP contribution in [0.3, 0.4) is 0 Å². The third-order valence-electron chi connectivity index (χ3n) is 2.57. The average molecular weight is 185 g/mol. The lowest BCUT2D eigenvalue weighted by Crippen LogP contribution is -1.91. The molecule has 0 spiro atoms. The van der Waals surface area contributed by atoms with Gasteiger partial charge in [-0.05, 0) is 35.6 Å². The second-order valence-electron chi connectivity index (χ2n) is 3.50. The summed E-state index contributed by atoms with van der Waals surface area (Å²) in [4.78, 5) is 0. The van der Waals surface area contributed by atoms with Crippen molar-refractivity contribution < 1.29 is 0 Å². The number of allylic oxidation sites excluding steroid dienone is 1. The Balaban J connectivity index is 2.53. The zero-order chi connectivity index (χ0) is 9.97. The molecule has 2 aromatic rings. The van der Waals surface area contributed by atoms with Crippen LogP contribution in [0.2, 0.25) is 0 Å². The van der Waals surface area contributed by atoms with E-state index in [0.717, 1.165) is 13.0 Å². The highest BCUT2D eigenvalue weighted by Gasteiger charge is 1.99. The van der Waals surface area contributed by atoms with Gasteiger partial charge in [-0.2, -0.15) is 0 Å². The van der Waals surface area contributed by atoms with E-state index in [2.05, 4.69) is 48.5 Å². The van der Waals surface area contributed by atoms with Gasteiger partial charge in [0.15, 0.2) is 0 Å². The maximum Gasteiger partial charge on any atom is 0.0483 e. The molecule has 2 rings (SSSR count). The van der Waals surface area contributed by atoms with Crippen LogP contribution < -0.4 is 0 Å². The Hall–Kier alpha value is -1.50. The molecule has 0 aliphatic rings. The van der Waals surface area contributed by atoms with E-state index < -0.39 is 0 Å². The minimum Gasteiger partial charge on any atom is -0.344 e. The van der Waals surface area contributed by atoms with E-state index in [4.69, 9.17) is 0 Å². The summed E-state index contributed by atoms with van der Waals surface area (Å²) >= 11 is 0. The summed E-state index contributed by atoms with van der Waals surface area (Å²) in [6.07, 6.45) is 5.14. The van der Waals surface area contributed by atoms with E-state index in [9.17, 15) is 0 Å². The lowest BCUT2D eigenvalue weighted by molar-refractivity contribution is 0.865. The van der Waals surface area contributed by atoms with Crippen molar-refractivity contribution in [3.05, 3.63) is 48.7 Å². The molecule has 0 saturated carbocycles. The molecule has 0 radical (unpaired) electrons. The molecule has 0 amide bonds. The molecular formula is C13H15N. The van der Waals surface area contributed by atoms with E-state index in [0.29, 0.717) is 0 Å². The Labute approximate surface area is 84.7 Å². The number of benzene rings is 1. The fourth-order valence-corrected chi connectivity index (χ4v) is 1.77. The molecule has 0 bridgehead atoms. The van der Waals surface area contributed by atoms with Gasteiger partial charge in [-0.15, -0.1) is 6.58 Å². The van der Waals surface area contributed by atoms with E-state index in [1.165, 1.54) is 16.5 Å². The van der Waals surface area contributed by atoms with Crippen LogP contribution >= 0.6 is 0 Å². The van der Waals surface area contributed by atoms with E-state index in [1.807, 2.05) is 6.08 Å². The molecule has 0 aliphatic carbocycles. The molecule has 0 saturated heterocycles. The third kappa shape index (κ3) is 1.46. The summed E-state index contributed by atoms with van der Waals surface area (Å²) in [5.74, 6) is 0. The van der Waals surface area contributed by atoms with Crippen molar-refractivity contribution in [1.29, 1.82) is 0 Å². The summed E-state index contributed by atoms with van der Waals surface area (Å²) in [6.45, 7) is 6.82. The molecule has 0 fully saturated rings. The second-order valence-corrected chi connectivity index (χ2v) is 3.50. The van der Waals surface area contributed by atoms with Gasteiger partial charge >= 0.3 is 0 Å². The zero-order valence-corrected chi connectivity index (χ0v) is 8.53. The van der Waals surface area contributed by atoms with Gasteiger partial charge in [0.2, 0.25) is 0 Å². The summed E-state index contributed by atoms with van der Waals surface area (Å²) in [7, 11) is 0. The molecule has 0 aliphatic heterocycles. The fourth-order valence-electron chi connectivity index (χ4n) is 1.77. The van der Waals surface area contributed by atoms with Gasteiger partial charge in [-0.25, -0.2) is 0 Å². The second kappa shape index (κ2) is 3.70. The predicted molar refractivity (Wildman–Crippen MR) is 61.5 cm³/mol. The average Bonchev–Trinajstić information content (AvgIpc) is 2.61. The van der Waals surface area contributed by atoms with Crippen molar-refractivity contribution in [1.82, 2.24) is 4.57 Å². The standard InChI is InChI=1S/C13H15N/c1-3-8-14-9-7-12-10-11(4-2)5-6-13(12)14/h3,5-7,9-10H,1,4,8H2,2H3. The topological polar surface area (TPSA) is 4.93 Å². The van der Waals surface area contributed by atoms with Crippen molar-refractivity contribution in [3.63, 3.8) is 0 Å². The number of aromatic nitrogens is 1. The van der Waals surface area contributed by atoms with Gasteiger partial charge in [0.05, 0.1) is 0 Å². The molecule has 1 heteroatoms. The minimum atomic E-state index is 0.884. The molecule has 1 heterocycles. The van der Waals surface area contributed by atoms with Crippen LogP contribution in [0.5, 0.6) is 0 Å². The van der Waals surface area contributed by atoms with Gasteiger partial charge in [0.1, 0.15) is 0 Å². The molecule has 0 unspecified atom stereocenters. The van der Waals surface area contributed by atoms with Crippen LogP contribution in [0.15, 0.2) is 43.1 Å². The molecule has 0 N–H and O–H groups in total. The van der Waals surface area contributed by atoms with Crippen LogP contribution in [0.1, 0.15) is 12.5 Å². The summed E-state index contributed by atoms with van der Waals surface area (Å²) in [5.41, 5.74) is 2.69. The number of hydrogen-bond acceptors (Lipinski definition) is 0. The van der Waals surface area contributed by atoms with E-state index in [1.54, 1.807) is 0 Å². The SMILES string of the molecule is C=CCn1ccc2cc(CC)ccc21. The molecule has 0 atom stereocenters. The molecule has 1 nitrogen and oxygen atoms in total. The lowest BCUT2D eigenvalue weighted by Gasteiger charge is -2.01. The van der Waals surface area contributed by atoms with Crippen molar-refractivity contribution in [3.8, 4) is 0 Å². The maximum atomic E-state index is 3.76. The molecule has 1 aromatic carbocycles. The summed E-state index contributed by atoms with van der Waals surface area (Å²) in [6, 6.07) is 8.81. The zero-order valence-electron chi connectivity index (χ0n) is 8.53. The predicted octanol–water partition coefficient (Wildman–Crippen LogP) is 3.39. The van der Waals surface area contributed by atoms with Crippen molar-refractivity contribution in [2.45, 2.75) is 19.9 Å². The first-order valence-electron chi connectivity index (χ1n) is 5.04. The normalized spacial score (nSPS) is 10.6. The van der Waals surface area contributed by atoms with Gasteiger partial charge in [-0.3, -0.25) is 0 Å². The van der Waals surface area contributed by atoms with Crippen molar-refractivity contribution in [2.24, 2.45) is 0 Å². The van der Waals surface area contributed by atoms with E-state index in [-0.39, 0.29) is 0 Å². The van der Waals surface area contributed by atoms with Crippen LogP contribution in [0, 0.1) is 0 Å². The van der Waals surface area contributed by atoms with Crippen molar-refractivity contribution >= 4 is 10.9 Å². The van der Waals surface area contributed by atoms with Crippen LogP contribution in [0.4, 0.5) is 0 Å². The highest BCUT2D eigenvalue weighted by molar-refractivity contribution is 5.80. The van der Waals surface area contributed by atoms with Crippen LogP contribution in [-0.4, -0.2) is 4.57 Å². The Kier molecular flexibility index (Phi) is 2.40. The quantitative estimate of drug-likeness (QED) is 0.646. The monoisotopic (exact) mass is 185 g/mol. The largest absolute Gasteiger partial charge is 0.344 e. The Bertz CT molecular complexity index is 451. The first-order valence-corrected chi connectivity index (χ1v) is 5.04. The molecular weight excluding hydrogens is 170 g/mol. The first-order chi connectivity index (χ1) is 6.85. The number of hydrogen-bond donors (Lipinski definition) is 0.